The number of hydrogen-bond acceptors (Lipinski definition) is 3. The van der Waals surface area contributed by atoms with Crippen molar-refractivity contribution in [2.24, 2.45) is 0 Å². The average Bonchev–Trinajstić information content (AvgIpc) is 2.74. The summed E-state index contributed by atoms with van der Waals surface area (Å²) in [5.41, 5.74) is 5.06. The van der Waals surface area contributed by atoms with Crippen LogP contribution in [0.25, 0.3) is 11.0 Å². The molecule has 5 nitrogen and oxygen atoms in total. The van der Waals surface area contributed by atoms with Gasteiger partial charge in [-0.05, 0) is 55.7 Å². The third-order valence-corrected chi connectivity index (χ3v) is 5.27. The van der Waals surface area contributed by atoms with Gasteiger partial charge in [0.2, 0.25) is 0 Å². The van der Waals surface area contributed by atoms with Gasteiger partial charge in [-0.25, -0.2) is 4.98 Å². The molecule has 5 heteroatoms. The summed E-state index contributed by atoms with van der Waals surface area (Å²) in [5.74, 6) is -0.416. The highest BCUT2D eigenvalue weighted by atomic mass is 16.2. The smallest absolute Gasteiger partial charge is 0.265 e. The van der Waals surface area contributed by atoms with Crippen LogP contribution in [0.4, 0.5) is 5.69 Å². The molecule has 4 rings (SSSR count). The number of carbonyl (C=O) groups excluding carboxylic acids is 1. The van der Waals surface area contributed by atoms with Crippen molar-refractivity contribution in [3.05, 3.63) is 105 Å². The van der Waals surface area contributed by atoms with Gasteiger partial charge in [-0.3, -0.25) is 14.2 Å². The number of amides is 1. The van der Waals surface area contributed by atoms with E-state index in [2.05, 4.69) is 10.3 Å². The van der Waals surface area contributed by atoms with E-state index in [1.54, 1.807) is 22.9 Å². The number of para-hydroxylation sites is 1. The SMILES string of the molecule is Cc1ccc(Cn2c(=O)c(C(=O)Nc3c(C)cccc3C)cc3cccnc32)cc1. The molecular weight excluding hydrogens is 374 g/mol. The maximum absolute atomic E-state index is 13.3. The molecule has 2 heterocycles. The summed E-state index contributed by atoms with van der Waals surface area (Å²) in [6.07, 6.45) is 1.66. The highest BCUT2D eigenvalue weighted by Crippen LogP contribution is 2.21. The van der Waals surface area contributed by atoms with E-state index < -0.39 is 5.91 Å². The monoisotopic (exact) mass is 397 g/mol. The van der Waals surface area contributed by atoms with E-state index in [1.807, 2.05) is 69.3 Å². The molecule has 0 fully saturated rings. The van der Waals surface area contributed by atoms with Gasteiger partial charge >= 0.3 is 0 Å². The first-order chi connectivity index (χ1) is 14.4. The van der Waals surface area contributed by atoms with Crippen molar-refractivity contribution in [1.82, 2.24) is 9.55 Å². The summed E-state index contributed by atoms with van der Waals surface area (Å²) >= 11 is 0. The average molecular weight is 397 g/mol. The number of nitrogens with zero attached hydrogens (tertiary/aromatic N) is 2. The van der Waals surface area contributed by atoms with Gasteiger partial charge in [0.15, 0.2) is 0 Å². The van der Waals surface area contributed by atoms with Crippen molar-refractivity contribution < 1.29 is 4.79 Å². The second kappa shape index (κ2) is 7.95. The van der Waals surface area contributed by atoms with Gasteiger partial charge in [0.05, 0.1) is 6.54 Å². The maximum Gasteiger partial charge on any atom is 0.265 e. The zero-order valence-corrected chi connectivity index (χ0v) is 17.3. The predicted molar refractivity (Wildman–Crippen MR) is 120 cm³/mol. The topological polar surface area (TPSA) is 64.0 Å². The first kappa shape index (κ1) is 19.6. The largest absolute Gasteiger partial charge is 0.321 e. The van der Waals surface area contributed by atoms with Gasteiger partial charge < -0.3 is 5.32 Å². The molecule has 2 aromatic heterocycles. The maximum atomic E-state index is 13.3. The van der Waals surface area contributed by atoms with E-state index in [0.29, 0.717) is 12.2 Å². The minimum absolute atomic E-state index is 0.102. The zero-order chi connectivity index (χ0) is 21.3. The Morgan fingerprint density at radius 2 is 1.67 bits per heavy atom. The summed E-state index contributed by atoms with van der Waals surface area (Å²) in [6.45, 7) is 6.23. The Morgan fingerprint density at radius 3 is 2.37 bits per heavy atom. The molecule has 0 saturated carbocycles. The Labute approximate surface area is 175 Å². The number of aromatic nitrogens is 2. The number of anilines is 1. The fraction of sp³-hybridized carbons (Fsp3) is 0.160. The molecule has 0 spiro atoms. The molecule has 0 radical (unpaired) electrons. The minimum Gasteiger partial charge on any atom is -0.321 e. The molecule has 0 atom stereocenters. The fourth-order valence-electron chi connectivity index (χ4n) is 3.58. The molecule has 0 aliphatic heterocycles. The number of nitrogens with one attached hydrogen (secondary N) is 1. The normalized spacial score (nSPS) is 10.9. The Morgan fingerprint density at radius 1 is 0.967 bits per heavy atom. The van der Waals surface area contributed by atoms with Crippen molar-refractivity contribution >= 4 is 22.6 Å². The number of hydrogen-bond donors (Lipinski definition) is 1. The predicted octanol–water partition coefficient (Wildman–Crippen LogP) is 4.62. The second-order valence-corrected chi connectivity index (χ2v) is 7.57. The van der Waals surface area contributed by atoms with Gasteiger partial charge in [-0.1, -0.05) is 48.0 Å². The zero-order valence-electron chi connectivity index (χ0n) is 17.3. The lowest BCUT2D eigenvalue weighted by atomic mass is 10.1. The molecule has 1 N–H and O–H groups in total. The van der Waals surface area contributed by atoms with E-state index in [0.717, 1.165) is 33.3 Å². The van der Waals surface area contributed by atoms with Crippen molar-refractivity contribution in [3.8, 4) is 0 Å². The molecule has 0 bridgehead atoms. The van der Waals surface area contributed by atoms with Crippen LogP contribution in [-0.4, -0.2) is 15.5 Å². The van der Waals surface area contributed by atoms with Gasteiger partial charge in [0, 0.05) is 17.3 Å². The van der Waals surface area contributed by atoms with Crippen LogP contribution in [0.15, 0.2) is 71.7 Å². The Bertz CT molecular complexity index is 1280. The van der Waals surface area contributed by atoms with Gasteiger partial charge in [-0.2, -0.15) is 0 Å². The van der Waals surface area contributed by atoms with E-state index in [1.165, 1.54) is 0 Å². The van der Waals surface area contributed by atoms with Crippen LogP contribution >= 0.6 is 0 Å². The summed E-state index contributed by atoms with van der Waals surface area (Å²) in [4.78, 5) is 30.8. The van der Waals surface area contributed by atoms with E-state index in [9.17, 15) is 9.59 Å². The number of rotatable bonds is 4. The quantitative estimate of drug-likeness (QED) is 0.546. The molecule has 30 heavy (non-hydrogen) atoms. The van der Waals surface area contributed by atoms with Crippen molar-refractivity contribution in [1.29, 1.82) is 0 Å². The Kier molecular flexibility index (Phi) is 5.19. The first-order valence-corrected chi connectivity index (χ1v) is 9.86. The molecule has 0 aliphatic carbocycles. The van der Waals surface area contributed by atoms with Crippen LogP contribution in [0.5, 0.6) is 0 Å². The number of carbonyl (C=O) groups is 1. The van der Waals surface area contributed by atoms with Crippen LogP contribution in [0.3, 0.4) is 0 Å². The lowest BCUT2D eigenvalue weighted by Gasteiger charge is -2.14. The van der Waals surface area contributed by atoms with Crippen LogP contribution in [-0.2, 0) is 6.54 Å². The molecule has 4 aromatic rings. The molecule has 0 saturated heterocycles. The third-order valence-electron chi connectivity index (χ3n) is 5.27. The summed E-state index contributed by atoms with van der Waals surface area (Å²) in [7, 11) is 0. The molecular formula is C25H23N3O2. The summed E-state index contributed by atoms with van der Waals surface area (Å²) in [5, 5.41) is 3.67. The summed E-state index contributed by atoms with van der Waals surface area (Å²) < 4.78 is 1.57. The van der Waals surface area contributed by atoms with E-state index in [4.69, 9.17) is 0 Å². The highest BCUT2D eigenvalue weighted by Gasteiger charge is 2.18. The van der Waals surface area contributed by atoms with E-state index >= 15 is 0 Å². The Hall–Kier alpha value is -3.73. The van der Waals surface area contributed by atoms with Crippen molar-refractivity contribution in [3.63, 3.8) is 0 Å². The molecule has 2 aromatic carbocycles. The standard InChI is InChI=1S/C25H23N3O2/c1-16-9-11-19(12-10-16)15-28-23-20(8-5-13-26-23)14-21(25(28)30)24(29)27-22-17(2)6-4-7-18(22)3/h4-14H,15H2,1-3H3,(H,27,29). The van der Waals surface area contributed by atoms with Crippen LogP contribution in [0.1, 0.15) is 32.6 Å². The number of pyridine rings is 2. The van der Waals surface area contributed by atoms with Gasteiger partial charge in [0.1, 0.15) is 11.2 Å². The number of aryl methyl sites for hydroxylation is 3. The van der Waals surface area contributed by atoms with Crippen LogP contribution < -0.4 is 10.9 Å². The van der Waals surface area contributed by atoms with Gasteiger partial charge in [0.25, 0.3) is 11.5 Å². The van der Waals surface area contributed by atoms with Crippen LogP contribution in [0, 0.1) is 20.8 Å². The lowest BCUT2D eigenvalue weighted by Crippen LogP contribution is -2.30. The first-order valence-electron chi connectivity index (χ1n) is 9.86. The van der Waals surface area contributed by atoms with E-state index in [-0.39, 0.29) is 11.1 Å². The van der Waals surface area contributed by atoms with Crippen molar-refractivity contribution in [2.75, 3.05) is 5.32 Å². The number of fused-ring (bicyclic) bond motifs is 1. The minimum atomic E-state index is -0.416. The molecule has 0 aliphatic rings. The van der Waals surface area contributed by atoms with Gasteiger partial charge in [-0.15, -0.1) is 0 Å². The fourth-order valence-corrected chi connectivity index (χ4v) is 3.58. The second-order valence-electron chi connectivity index (χ2n) is 7.57. The van der Waals surface area contributed by atoms with Crippen LogP contribution in [0.2, 0.25) is 0 Å². The molecule has 1 amide bonds. The Balaban J connectivity index is 1.81. The highest BCUT2D eigenvalue weighted by molar-refractivity contribution is 6.06. The summed E-state index contributed by atoms with van der Waals surface area (Å²) in [6, 6.07) is 19.1. The van der Waals surface area contributed by atoms with Crippen molar-refractivity contribution in [2.45, 2.75) is 27.3 Å². The molecule has 150 valence electrons. The lowest BCUT2D eigenvalue weighted by molar-refractivity contribution is 0.102. The number of benzene rings is 2. The third kappa shape index (κ3) is 3.74. The molecule has 0 unspecified atom stereocenters.